The summed E-state index contributed by atoms with van der Waals surface area (Å²) in [5, 5.41) is 1.12. The summed E-state index contributed by atoms with van der Waals surface area (Å²) in [6, 6.07) is 16.0. The predicted molar refractivity (Wildman–Crippen MR) is 150 cm³/mol. The van der Waals surface area contributed by atoms with E-state index in [4.69, 9.17) is 14.2 Å². The molecular weight excluding hydrogens is 564 g/mol. The Morgan fingerprint density at radius 2 is 1.55 bits per heavy atom. The van der Waals surface area contributed by atoms with Crippen LogP contribution in [0, 0.1) is 5.41 Å². The molecule has 2 amide bonds. The first-order valence-electron chi connectivity index (χ1n) is 13.1. The average Bonchev–Trinajstić information content (AvgIpc) is 2.96. The number of nitrogens with zero attached hydrogens (tertiary/aromatic N) is 1. The molecule has 2 aromatic rings. The van der Waals surface area contributed by atoms with Gasteiger partial charge in [-0.05, 0) is 38.8 Å². The minimum Gasteiger partial charge on any atom is -0.460 e. The third-order valence-corrected chi connectivity index (χ3v) is 7.76. The Kier molecular flexibility index (Phi) is 9.15. The molecule has 2 heterocycles. The van der Waals surface area contributed by atoms with E-state index < -0.39 is 64.4 Å². The predicted octanol–water partition coefficient (Wildman–Crippen LogP) is 2.80. The van der Waals surface area contributed by atoms with E-state index in [2.05, 4.69) is 5.32 Å². The largest absolute Gasteiger partial charge is 0.460 e. The summed E-state index contributed by atoms with van der Waals surface area (Å²) in [6.45, 7) is 5.50. The summed E-state index contributed by atoms with van der Waals surface area (Å²) in [6.07, 6.45) is 0. The number of nitrogens with one attached hydrogen (secondary N) is 1. The highest BCUT2D eigenvalue weighted by atomic mass is 32.2. The minimum absolute atomic E-state index is 0.0202. The molecule has 2 aliphatic rings. The van der Waals surface area contributed by atoms with Gasteiger partial charge in [0.15, 0.2) is 5.92 Å². The standard InChI is InChI=1S/C30H30N2O9S/c1-17-22(27(36)40-16-41-29(38)30(2,3)4)32-24(34)21(25(32)42-28(17)37)31-23(33)20(19-13-9-6-10-14-19)26(35)39-15-18-11-7-5-8-12-18/h5-14,20-21,25H,15-16H2,1-4H3,(H,31,33)/t20?,21?,25-/m0/s1. The van der Waals surface area contributed by atoms with Crippen LogP contribution in [0.5, 0.6) is 0 Å². The lowest BCUT2D eigenvalue weighted by Gasteiger charge is -2.48. The summed E-state index contributed by atoms with van der Waals surface area (Å²) in [7, 11) is 0. The number of esters is 3. The molecule has 0 bridgehead atoms. The van der Waals surface area contributed by atoms with Crippen molar-refractivity contribution in [3.8, 4) is 0 Å². The van der Waals surface area contributed by atoms with Crippen molar-refractivity contribution in [3.05, 3.63) is 83.1 Å². The zero-order valence-electron chi connectivity index (χ0n) is 23.4. The number of benzene rings is 2. The van der Waals surface area contributed by atoms with Crippen LogP contribution in [0.3, 0.4) is 0 Å². The molecule has 4 rings (SSSR count). The number of amides is 2. The van der Waals surface area contributed by atoms with E-state index in [0.717, 1.165) is 22.2 Å². The summed E-state index contributed by atoms with van der Waals surface area (Å²) in [5.74, 6) is -5.31. The molecule has 12 heteroatoms. The van der Waals surface area contributed by atoms with Crippen LogP contribution >= 0.6 is 11.8 Å². The van der Waals surface area contributed by atoms with Gasteiger partial charge in [-0.3, -0.25) is 28.9 Å². The minimum atomic E-state index is -1.39. The molecule has 220 valence electrons. The maximum Gasteiger partial charge on any atom is 0.358 e. The summed E-state index contributed by atoms with van der Waals surface area (Å²) in [4.78, 5) is 78.3. The quantitative estimate of drug-likeness (QED) is 0.199. The van der Waals surface area contributed by atoms with Crippen molar-refractivity contribution in [2.75, 3.05) is 6.79 Å². The molecule has 1 saturated heterocycles. The van der Waals surface area contributed by atoms with Crippen LogP contribution < -0.4 is 5.32 Å². The van der Waals surface area contributed by atoms with E-state index in [0.29, 0.717) is 5.56 Å². The maximum absolute atomic E-state index is 13.4. The van der Waals surface area contributed by atoms with Crippen LogP contribution in [0.25, 0.3) is 0 Å². The van der Waals surface area contributed by atoms with Crippen LogP contribution in [0.4, 0.5) is 0 Å². The van der Waals surface area contributed by atoms with E-state index in [9.17, 15) is 28.8 Å². The number of β-lactam (4-membered cyclic amide) rings is 1. The molecule has 1 fully saturated rings. The normalized spacial score (nSPS) is 18.8. The van der Waals surface area contributed by atoms with Crippen LogP contribution in [-0.2, 0) is 49.6 Å². The highest BCUT2D eigenvalue weighted by molar-refractivity contribution is 8.14. The van der Waals surface area contributed by atoms with Gasteiger partial charge in [-0.2, -0.15) is 0 Å². The Hall–Kier alpha value is -4.45. The molecule has 0 aromatic heterocycles. The van der Waals surface area contributed by atoms with Crippen molar-refractivity contribution in [3.63, 3.8) is 0 Å². The number of carbonyl (C=O) groups is 6. The van der Waals surface area contributed by atoms with Crippen LogP contribution in [0.1, 0.15) is 44.7 Å². The molecule has 0 aliphatic carbocycles. The fourth-order valence-corrected chi connectivity index (χ4v) is 5.32. The second kappa shape index (κ2) is 12.6. The first kappa shape index (κ1) is 30.5. The lowest BCUT2D eigenvalue weighted by molar-refractivity contribution is -0.173. The van der Waals surface area contributed by atoms with Gasteiger partial charge in [0.25, 0.3) is 5.91 Å². The van der Waals surface area contributed by atoms with Crippen LogP contribution in [0.15, 0.2) is 71.9 Å². The molecule has 1 N–H and O–H groups in total. The molecule has 2 unspecified atom stereocenters. The summed E-state index contributed by atoms with van der Waals surface area (Å²) >= 11 is 0.759. The SMILES string of the molecule is CC1=C(C(=O)OCOC(=O)C(C)(C)C)N2C(=O)C(NC(=O)C(C(=O)OCc3ccccc3)c3ccccc3)[C@@H]2SC1=O. The number of ether oxygens (including phenoxy) is 3. The fourth-order valence-electron chi connectivity index (χ4n) is 4.19. The first-order chi connectivity index (χ1) is 19.9. The zero-order valence-corrected chi connectivity index (χ0v) is 24.3. The molecule has 11 nitrogen and oxygen atoms in total. The summed E-state index contributed by atoms with van der Waals surface area (Å²) < 4.78 is 15.4. The molecule has 0 spiro atoms. The summed E-state index contributed by atoms with van der Waals surface area (Å²) in [5.41, 5.74) is -0.0566. The highest BCUT2D eigenvalue weighted by Gasteiger charge is 2.56. The third-order valence-electron chi connectivity index (χ3n) is 6.51. The van der Waals surface area contributed by atoms with E-state index in [1.165, 1.54) is 6.92 Å². The van der Waals surface area contributed by atoms with E-state index in [-0.39, 0.29) is 17.9 Å². The zero-order chi connectivity index (χ0) is 30.6. The number of hydrogen-bond acceptors (Lipinski definition) is 10. The monoisotopic (exact) mass is 594 g/mol. The molecule has 2 aromatic carbocycles. The van der Waals surface area contributed by atoms with Crippen molar-refractivity contribution < 1.29 is 43.0 Å². The Morgan fingerprint density at radius 1 is 0.929 bits per heavy atom. The van der Waals surface area contributed by atoms with Gasteiger partial charge in [-0.25, -0.2) is 4.79 Å². The highest BCUT2D eigenvalue weighted by Crippen LogP contribution is 2.41. The lowest BCUT2D eigenvalue weighted by Crippen LogP contribution is -2.71. The van der Waals surface area contributed by atoms with E-state index in [1.54, 1.807) is 75.4 Å². The average molecular weight is 595 g/mol. The van der Waals surface area contributed by atoms with Gasteiger partial charge in [-0.15, -0.1) is 0 Å². The van der Waals surface area contributed by atoms with Crippen LogP contribution in [-0.4, -0.2) is 57.9 Å². The molecule has 3 atom stereocenters. The molecule has 2 aliphatic heterocycles. The Balaban J connectivity index is 1.46. The fraction of sp³-hybridized carbons (Fsp3) is 0.333. The number of fused-ring (bicyclic) bond motifs is 1. The van der Waals surface area contributed by atoms with E-state index >= 15 is 0 Å². The van der Waals surface area contributed by atoms with Crippen molar-refractivity contribution in [1.82, 2.24) is 10.2 Å². The number of rotatable bonds is 9. The number of hydrogen-bond donors (Lipinski definition) is 1. The van der Waals surface area contributed by atoms with Gasteiger partial charge < -0.3 is 19.5 Å². The maximum atomic E-state index is 13.4. The van der Waals surface area contributed by atoms with Crippen LogP contribution in [0.2, 0.25) is 0 Å². The van der Waals surface area contributed by atoms with E-state index in [1.807, 2.05) is 6.07 Å². The molecular formula is C30H30N2O9S. The van der Waals surface area contributed by atoms with Gasteiger partial charge in [0, 0.05) is 5.57 Å². The lowest BCUT2D eigenvalue weighted by atomic mass is 9.96. The van der Waals surface area contributed by atoms with Gasteiger partial charge in [0.2, 0.25) is 17.8 Å². The van der Waals surface area contributed by atoms with Crippen molar-refractivity contribution in [1.29, 1.82) is 0 Å². The first-order valence-corrected chi connectivity index (χ1v) is 13.9. The molecule has 0 saturated carbocycles. The topological polar surface area (TPSA) is 145 Å². The second-order valence-corrected chi connectivity index (χ2v) is 11.7. The molecule has 42 heavy (non-hydrogen) atoms. The van der Waals surface area contributed by atoms with Crippen molar-refractivity contribution in [2.45, 2.75) is 51.6 Å². The second-order valence-electron chi connectivity index (χ2n) is 10.6. The third kappa shape index (κ3) is 6.54. The Morgan fingerprint density at radius 3 is 2.17 bits per heavy atom. The van der Waals surface area contributed by atoms with Gasteiger partial charge in [0.1, 0.15) is 23.7 Å². The smallest absolute Gasteiger partial charge is 0.358 e. The van der Waals surface area contributed by atoms with Gasteiger partial charge in [-0.1, -0.05) is 72.4 Å². The molecule has 0 radical (unpaired) electrons. The Labute approximate surface area is 246 Å². The number of thioether (sulfide) groups is 1. The Bertz CT molecular complexity index is 1430. The number of carbonyl (C=O) groups excluding carboxylic acids is 6. The van der Waals surface area contributed by atoms with Gasteiger partial charge >= 0.3 is 17.9 Å². The van der Waals surface area contributed by atoms with Crippen molar-refractivity contribution in [2.24, 2.45) is 5.41 Å². The van der Waals surface area contributed by atoms with Crippen molar-refractivity contribution >= 4 is 46.6 Å². The van der Waals surface area contributed by atoms with Gasteiger partial charge in [0.05, 0.1) is 5.41 Å².